The summed E-state index contributed by atoms with van der Waals surface area (Å²) >= 11 is 0. The second-order valence-electron chi connectivity index (χ2n) is 4.59. The van der Waals surface area contributed by atoms with Crippen LogP contribution in [0.15, 0.2) is 0 Å². The molecule has 0 bridgehead atoms. The van der Waals surface area contributed by atoms with Gasteiger partial charge in [-0.15, -0.1) is 0 Å². The quantitative estimate of drug-likeness (QED) is 0.291. The molecule has 0 aliphatic rings. The maximum atomic E-state index is 10.8. The number of nitrogens with one attached hydrogen (secondary N) is 1. The van der Waals surface area contributed by atoms with Crippen molar-refractivity contribution in [3.63, 3.8) is 0 Å². The predicted molar refractivity (Wildman–Crippen MR) is 77.4 cm³/mol. The van der Waals surface area contributed by atoms with E-state index in [0.29, 0.717) is 13.0 Å². The van der Waals surface area contributed by atoms with Crippen molar-refractivity contribution >= 4 is 17.8 Å². The molecule has 21 heavy (non-hydrogen) atoms. The molecule has 9 nitrogen and oxygen atoms in total. The molecule has 0 aromatic heterocycles. The SMILES string of the molecule is C[C@H](N)C(=O)N[C@@H](C)C(=O)O.NCCCC[C@H](N)C(=O)O. The highest BCUT2D eigenvalue weighted by Gasteiger charge is 2.15. The topological polar surface area (TPSA) is 182 Å². The van der Waals surface area contributed by atoms with Crippen molar-refractivity contribution in [1.29, 1.82) is 0 Å². The van der Waals surface area contributed by atoms with Gasteiger partial charge in [0, 0.05) is 0 Å². The van der Waals surface area contributed by atoms with Crippen LogP contribution in [-0.2, 0) is 14.4 Å². The van der Waals surface area contributed by atoms with Gasteiger partial charge in [-0.05, 0) is 33.2 Å². The number of rotatable bonds is 8. The Hall–Kier alpha value is -1.71. The highest BCUT2D eigenvalue weighted by atomic mass is 16.4. The molecule has 0 saturated carbocycles. The van der Waals surface area contributed by atoms with Crippen LogP contribution in [0.4, 0.5) is 0 Å². The van der Waals surface area contributed by atoms with E-state index in [4.69, 9.17) is 27.4 Å². The van der Waals surface area contributed by atoms with Gasteiger partial charge >= 0.3 is 11.9 Å². The second kappa shape index (κ2) is 12.1. The van der Waals surface area contributed by atoms with Crippen LogP contribution in [0, 0.1) is 0 Å². The van der Waals surface area contributed by atoms with Crippen molar-refractivity contribution in [3.8, 4) is 0 Å². The molecule has 124 valence electrons. The first-order chi connectivity index (χ1) is 9.63. The summed E-state index contributed by atoms with van der Waals surface area (Å²) in [5.74, 6) is -2.46. The molecule has 0 aliphatic carbocycles. The monoisotopic (exact) mass is 306 g/mol. The zero-order valence-electron chi connectivity index (χ0n) is 12.4. The first-order valence-corrected chi connectivity index (χ1v) is 6.60. The lowest BCUT2D eigenvalue weighted by Gasteiger charge is -2.10. The van der Waals surface area contributed by atoms with E-state index in [1.807, 2.05) is 0 Å². The fourth-order valence-electron chi connectivity index (χ4n) is 1.04. The Labute approximate surface area is 123 Å². The van der Waals surface area contributed by atoms with Crippen molar-refractivity contribution in [3.05, 3.63) is 0 Å². The molecule has 0 rings (SSSR count). The fourth-order valence-corrected chi connectivity index (χ4v) is 1.04. The molecular weight excluding hydrogens is 280 g/mol. The van der Waals surface area contributed by atoms with Crippen LogP contribution in [-0.4, -0.2) is 52.7 Å². The number of hydrogen-bond donors (Lipinski definition) is 6. The van der Waals surface area contributed by atoms with Gasteiger partial charge in [-0.2, -0.15) is 0 Å². The molecule has 0 unspecified atom stereocenters. The van der Waals surface area contributed by atoms with E-state index in [2.05, 4.69) is 5.32 Å². The first-order valence-electron chi connectivity index (χ1n) is 6.60. The third-order valence-corrected chi connectivity index (χ3v) is 2.43. The van der Waals surface area contributed by atoms with Gasteiger partial charge in [-0.25, -0.2) is 0 Å². The summed E-state index contributed by atoms with van der Waals surface area (Å²) in [7, 11) is 0. The summed E-state index contributed by atoms with van der Waals surface area (Å²) in [6.07, 6.45) is 2.16. The number of carbonyl (C=O) groups excluding carboxylic acids is 1. The van der Waals surface area contributed by atoms with Crippen molar-refractivity contribution in [2.24, 2.45) is 17.2 Å². The second-order valence-corrected chi connectivity index (χ2v) is 4.59. The molecule has 0 heterocycles. The van der Waals surface area contributed by atoms with Crippen LogP contribution in [0.25, 0.3) is 0 Å². The summed E-state index contributed by atoms with van der Waals surface area (Å²) < 4.78 is 0. The smallest absolute Gasteiger partial charge is 0.325 e. The van der Waals surface area contributed by atoms with Gasteiger partial charge in [-0.1, -0.05) is 6.42 Å². The lowest BCUT2D eigenvalue weighted by molar-refractivity contribution is -0.141. The van der Waals surface area contributed by atoms with Gasteiger partial charge in [0.15, 0.2) is 0 Å². The summed E-state index contributed by atoms with van der Waals surface area (Å²) in [5, 5.41) is 18.9. The molecule has 0 saturated heterocycles. The zero-order valence-corrected chi connectivity index (χ0v) is 12.4. The number of carbonyl (C=O) groups is 3. The van der Waals surface area contributed by atoms with E-state index in [-0.39, 0.29) is 0 Å². The van der Waals surface area contributed by atoms with Crippen molar-refractivity contribution in [1.82, 2.24) is 5.32 Å². The molecule has 0 spiro atoms. The predicted octanol–water partition coefficient (Wildman–Crippen LogP) is -1.55. The Morgan fingerprint density at radius 3 is 1.90 bits per heavy atom. The molecule has 0 aromatic rings. The van der Waals surface area contributed by atoms with Gasteiger partial charge in [0.1, 0.15) is 12.1 Å². The van der Waals surface area contributed by atoms with Gasteiger partial charge in [0.25, 0.3) is 0 Å². The Morgan fingerprint density at radius 1 is 1.05 bits per heavy atom. The van der Waals surface area contributed by atoms with E-state index in [0.717, 1.165) is 12.8 Å². The van der Waals surface area contributed by atoms with Gasteiger partial charge in [-0.3, -0.25) is 14.4 Å². The summed E-state index contributed by atoms with van der Waals surface area (Å²) in [5.41, 5.74) is 15.6. The maximum absolute atomic E-state index is 10.8. The lowest BCUT2D eigenvalue weighted by Crippen LogP contribution is -2.45. The van der Waals surface area contributed by atoms with Crippen LogP contribution in [0.1, 0.15) is 33.1 Å². The molecule has 0 radical (unpaired) electrons. The summed E-state index contributed by atoms with van der Waals surface area (Å²) in [6.45, 7) is 3.47. The molecule has 9 heteroatoms. The molecule has 9 N–H and O–H groups in total. The number of amides is 1. The van der Waals surface area contributed by atoms with Crippen molar-refractivity contribution in [2.45, 2.75) is 51.2 Å². The third-order valence-electron chi connectivity index (χ3n) is 2.43. The van der Waals surface area contributed by atoms with Gasteiger partial charge < -0.3 is 32.7 Å². The minimum atomic E-state index is -1.07. The van der Waals surface area contributed by atoms with Crippen LogP contribution in [0.5, 0.6) is 0 Å². The average Bonchev–Trinajstić information content (AvgIpc) is 2.39. The standard InChI is InChI=1S/C6H12N2O3.C6H14N2O2/c1-3(7)5(9)8-4(2)6(10)11;7-4-2-1-3-5(8)6(9)10/h3-4H,7H2,1-2H3,(H,8,9)(H,10,11);5H,1-4,7-8H2,(H,9,10)/t3-,4-;5-/m00/s1. The fraction of sp³-hybridized carbons (Fsp3) is 0.750. The number of carboxylic acid groups (broad SMARTS) is 2. The molecular formula is C12H26N4O5. The highest BCUT2D eigenvalue weighted by Crippen LogP contribution is 1.96. The lowest BCUT2D eigenvalue weighted by atomic mass is 10.1. The van der Waals surface area contributed by atoms with E-state index < -0.39 is 36.0 Å². The number of aliphatic carboxylic acids is 2. The highest BCUT2D eigenvalue weighted by molar-refractivity contribution is 5.86. The Kier molecular flexibility index (Phi) is 12.4. The minimum absolute atomic E-state index is 0.458. The molecule has 1 amide bonds. The van der Waals surface area contributed by atoms with Crippen LogP contribution < -0.4 is 22.5 Å². The Bertz CT molecular complexity index is 336. The van der Waals surface area contributed by atoms with E-state index in [9.17, 15) is 14.4 Å². The normalized spacial score (nSPS) is 14.1. The number of hydrogen-bond acceptors (Lipinski definition) is 6. The van der Waals surface area contributed by atoms with E-state index in [1.165, 1.54) is 13.8 Å². The minimum Gasteiger partial charge on any atom is -0.480 e. The van der Waals surface area contributed by atoms with Crippen molar-refractivity contribution < 1.29 is 24.6 Å². The number of carboxylic acids is 2. The maximum Gasteiger partial charge on any atom is 0.325 e. The number of nitrogens with two attached hydrogens (primary N) is 3. The Balaban J connectivity index is 0. The summed E-state index contributed by atoms with van der Waals surface area (Å²) in [4.78, 5) is 31.1. The first kappa shape index (κ1) is 21.6. The Morgan fingerprint density at radius 2 is 1.57 bits per heavy atom. The zero-order chi connectivity index (χ0) is 17.0. The third kappa shape index (κ3) is 13.0. The van der Waals surface area contributed by atoms with E-state index >= 15 is 0 Å². The van der Waals surface area contributed by atoms with Gasteiger partial charge in [0.2, 0.25) is 5.91 Å². The molecule has 0 fully saturated rings. The van der Waals surface area contributed by atoms with Crippen LogP contribution >= 0.6 is 0 Å². The van der Waals surface area contributed by atoms with Crippen LogP contribution in [0.3, 0.4) is 0 Å². The van der Waals surface area contributed by atoms with E-state index in [1.54, 1.807) is 0 Å². The van der Waals surface area contributed by atoms with Crippen molar-refractivity contribution in [2.75, 3.05) is 6.54 Å². The number of unbranched alkanes of at least 4 members (excludes halogenated alkanes) is 1. The largest absolute Gasteiger partial charge is 0.480 e. The average molecular weight is 306 g/mol. The van der Waals surface area contributed by atoms with Crippen LogP contribution in [0.2, 0.25) is 0 Å². The summed E-state index contributed by atoms with van der Waals surface area (Å²) in [6, 6.07) is -2.27. The van der Waals surface area contributed by atoms with Gasteiger partial charge in [0.05, 0.1) is 6.04 Å². The molecule has 0 aliphatic heterocycles. The molecule has 0 aromatic carbocycles. The molecule has 3 atom stereocenters.